The van der Waals surface area contributed by atoms with Crippen LogP contribution in [0.3, 0.4) is 0 Å². The number of aliphatic hydroxyl groups is 1. The lowest BCUT2D eigenvalue weighted by molar-refractivity contribution is 0.167. The molecule has 2 nitrogen and oxygen atoms in total. The molecule has 0 saturated heterocycles. The Morgan fingerprint density at radius 1 is 1.73 bits per heavy atom. The molecule has 0 amide bonds. The predicted octanol–water partition coefficient (Wildman–Crippen LogP) is 1.76. The highest BCUT2D eigenvalue weighted by Crippen LogP contribution is 2.49. The van der Waals surface area contributed by atoms with Gasteiger partial charge in [-0.2, -0.15) is 0 Å². The van der Waals surface area contributed by atoms with Crippen LogP contribution >= 0.6 is 0 Å². The van der Waals surface area contributed by atoms with Gasteiger partial charge in [-0.15, -0.1) is 0 Å². The summed E-state index contributed by atoms with van der Waals surface area (Å²) in [7, 11) is 0. The fraction of sp³-hybridized carbons (Fsp3) is 0.556. The first kappa shape index (κ1) is 6.92. The first-order valence-electron chi connectivity index (χ1n) is 4.00. The van der Waals surface area contributed by atoms with Gasteiger partial charge in [-0.1, -0.05) is 0 Å². The summed E-state index contributed by atoms with van der Waals surface area (Å²) >= 11 is 0. The van der Waals surface area contributed by atoms with Crippen molar-refractivity contribution in [2.24, 2.45) is 5.92 Å². The van der Waals surface area contributed by atoms with Crippen molar-refractivity contribution >= 4 is 0 Å². The molecule has 60 valence electrons. The predicted molar refractivity (Wildman–Crippen MR) is 41.2 cm³/mol. The summed E-state index contributed by atoms with van der Waals surface area (Å²) in [5.74, 6) is 1.93. The molecule has 2 rings (SSSR count). The monoisotopic (exact) mass is 152 g/mol. The third-order valence-electron chi connectivity index (χ3n) is 2.37. The van der Waals surface area contributed by atoms with Gasteiger partial charge in [0.2, 0.25) is 0 Å². The Morgan fingerprint density at radius 3 is 3.00 bits per heavy atom. The summed E-state index contributed by atoms with van der Waals surface area (Å²) in [4.78, 5) is 0. The Morgan fingerprint density at radius 2 is 2.55 bits per heavy atom. The third-order valence-corrected chi connectivity index (χ3v) is 2.37. The van der Waals surface area contributed by atoms with E-state index in [0.717, 1.165) is 12.2 Å². The molecule has 2 heteroatoms. The van der Waals surface area contributed by atoms with Crippen LogP contribution in [0.4, 0.5) is 0 Å². The first-order valence-corrected chi connectivity index (χ1v) is 4.00. The Hall–Kier alpha value is -0.760. The Balaban J connectivity index is 2.02. The van der Waals surface area contributed by atoms with E-state index < -0.39 is 0 Å². The molecule has 0 radical (unpaired) electrons. The minimum Gasteiger partial charge on any atom is -0.469 e. The largest absolute Gasteiger partial charge is 0.469 e. The molecule has 1 aromatic heterocycles. The van der Waals surface area contributed by atoms with E-state index in [1.165, 1.54) is 0 Å². The summed E-state index contributed by atoms with van der Waals surface area (Å²) < 4.78 is 5.23. The summed E-state index contributed by atoms with van der Waals surface area (Å²) in [6, 6.07) is 3.87. The standard InChI is InChI=1S/C9H12O2/c1-6(10)7-5-8(7)9-3-2-4-11-9/h2-4,6-8,10H,5H2,1H3/t6-,7-,8-/m0/s1. The number of furan rings is 1. The Kier molecular flexibility index (Phi) is 1.50. The van der Waals surface area contributed by atoms with Crippen molar-refractivity contribution in [3.63, 3.8) is 0 Å². The van der Waals surface area contributed by atoms with Crippen molar-refractivity contribution in [3.05, 3.63) is 24.2 Å². The van der Waals surface area contributed by atoms with Gasteiger partial charge in [0.25, 0.3) is 0 Å². The fourth-order valence-corrected chi connectivity index (χ4v) is 1.58. The molecule has 0 aromatic carbocycles. The van der Waals surface area contributed by atoms with Crippen LogP contribution in [-0.2, 0) is 0 Å². The number of hydrogen-bond donors (Lipinski definition) is 1. The summed E-state index contributed by atoms with van der Waals surface area (Å²) in [6.07, 6.45) is 2.57. The quantitative estimate of drug-likeness (QED) is 0.700. The number of hydrogen-bond acceptors (Lipinski definition) is 2. The highest BCUT2D eigenvalue weighted by molar-refractivity contribution is 5.15. The maximum absolute atomic E-state index is 9.22. The summed E-state index contributed by atoms with van der Waals surface area (Å²) in [5.41, 5.74) is 0. The van der Waals surface area contributed by atoms with E-state index in [9.17, 15) is 5.11 Å². The zero-order chi connectivity index (χ0) is 7.84. The highest BCUT2D eigenvalue weighted by atomic mass is 16.3. The lowest BCUT2D eigenvalue weighted by Gasteiger charge is -1.99. The average molecular weight is 152 g/mol. The zero-order valence-corrected chi connectivity index (χ0v) is 6.53. The SMILES string of the molecule is C[C@H](O)[C@@H]1C[C@@H]1c1ccco1. The molecule has 0 bridgehead atoms. The molecule has 1 saturated carbocycles. The van der Waals surface area contributed by atoms with Crippen LogP contribution in [0.25, 0.3) is 0 Å². The molecule has 1 aliphatic carbocycles. The van der Waals surface area contributed by atoms with E-state index >= 15 is 0 Å². The van der Waals surface area contributed by atoms with Gasteiger partial charge in [0.05, 0.1) is 12.4 Å². The molecule has 1 aliphatic rings. The molecule has 0 aliphatic heterocycles. The fourth-order valence-electron chi connectivity index (χ4n) is 1.58. The molecule has 3 atom stereocenters. The normalized spacial score (nSPS) is 31.8. The van der Waals surface area contributed by atoms with Gasteiger partial charge < -0.3 is 9.52 Å². The van der Waals surface area contributed by atoms with Gasteiger partial charge >= 0.3 is 0 Å². The molecule has 0 unspecified atom stereocenters. The minimum absolute atomic E-state index is 0.190. The van der Waals surface area contributed by atoms with E-state index in [1.54, 1.807) is 6.26 Å². The van der Waals surface area contributed by atoms with E-state index in [4.69, 9.17) is 4.42 Å². The van der Waals surface area contributed by atoms with E-state index in [2.05, 4.69) is 0 Å². The molecule has 0 spiro atoms. The van der Waals surface area contributed by atoms with Crippen LogP contribution in [0.5, 0.6) is 0 Å². The van der Waals surface area contributed by atoms with Crippen molar-refractivity contribution in [2.75, 3.05) is 0 Å². The first-order chi connectivity index (χ1) is 5.29. The molecule has 11 heavy (non-hydrogen) atoms. The molecule has 1 aromatic rings. The zero-order valence-electron chi connectivity index (χ0n) is 6.53. The van der Waals surface area contributed by atoms with Gasteiger partial charge in [0, 0.05) is 5.92 Å². The van der Waals surface area contributed by atoms with E-state index in [-0.39, 0.29) is 6.10 Å². The van der Waals surface area contributed by atoms with Crippen LogP contribution in [-0.4, -0.2) is 11.2 Å². The van der Waals surface area contributed by atoms with Crippen molar-refractivity contribution in [1.82, 2.24) is 0 Å². The second kappa shape index (κ2) is 2.38. The molecular formula is C9H12O2. The molecular weight excluding hydrogens is 140 g/mol. The maximum atomic E-state index is 9.22. The van der Waals surface area contributed by atoms with Gasteiger partial charge in [0.1, 0.15) is 5.76 Å². The van der Waals surface area contributed by atoms with Crippen LogP contribution in [0.15, 0.2) is 22.8 Å². The maximum Gasteiger partial charge on any atom is 0.107 e. The van der Waals surface area contributed by atoms with Crippen LogP contribution in [0, 0.1) is 5.92 Å². The minimum atomic E-state index is -0.190. The Labute approximate surface area is 65.8 Å². The average Bonchev–Trinajstić information content (AvgIpc) is 2.60. The smallest absolute Gasteiger partial charge is 0.107 e. The lowest BCUT2D eigenvalue weighted by atomic mass is 10.2. The third kappa shape index (κ3) is 1.18. The highest BCUT2D eigenvalue weighted by Gasteiger charge is 2.43. The van der Waals surface area contributed by atoms with Gasteiger partial charge in [-0.05, 0) is 31.4 Å². The molecule has 1 fully saturated rings. The lowest BCUT2D eigenvalue weighted by Crippen LogP contribution is -2.02. The van der Waals surface area contributed by atoms with Crippen LogP contribution in [0.1, 0.15) is 25.0 Å². The number of aliphatic hydroxyl groups excluding tert-OH is 1. The van der Waals surface area contributed by atoms with Gasteiger partial charge in [-0.25, -0.2) is 0 Å². The van der Waals surface area contributed by atoms with Crippen molar-refractivity contribution < 1.29 is 9.52 Å². The topological polar surface area (TPSA) is 33.4 Å². The van der Waals surface area contributed by atoms with E-state index in [0.29, 0.717) is 11.8 Å². The molecule has 1 N–H and O–H groups in total. The second-order valence-corrected chi connectivity index (χ2v) is 3.26. The van der Waals surface area contributed by atoms with Crippen molar-refractivity contribution in [1.29, 1.82) is 0 Å². The van der Waals surface area contributed by atoms with Gasteiger partial charge in [0.15, 0.2) is 0 Å². The molecule has 1 heterocycles. The summed E-state index contributed by atoms with van der Waals surface area (Å²) in [6.45, 7) is 1.84. The van der Waals surface area contributed by atoms with Crippen molar-refractivity contribution in [3.8, 4) is 0 Å². The van der Waals surface area contributed by atoms with Gasteiger partial charge in [-0.3, -0.25) is 0 Å². The number of rotatable bonds is 2. The van der Waals surface area contributed by atoms with E-state index in [1.807, 2.05) is 19.1 Å². The summed E-state index contributed by atoms with van der Waals surface area (Å²) in [5, 5.41) is 9.22. The second-order valence-electron chi connectivity index (χ2n) is 3.26. The van der Waals surface area contributed by atoms with Crippen LogP contribution < -0.4 is 0 Å². The Bertz CT molecular complexity index is 226. The van der Waals surface area contributed by atoms with Crippen molar-refractivity contribution in [2.45, 2.75) is 25.4 Å². The van der Waals surface area contributed by atoms with Crippen LogP contribution in [0.2, 0.25) is 0 Å².